The van der Waals surface area contributed by atoms with Crippen molar-refractivity contribution in [3.05, 3.63) is 35.9 Å². The van der Waals surface area contributed by atoms with Crippen molar-refractivity contribution in [3.63, 3.8) is 0 Å². The Labute approximate surface area is 131 Å². The molecule has 0 aliphatic carbocycles. The van der Waals surface area contributed by atoms with Gasteiger partial charge in [0.15, 0.2) is 5.78 Å². The normalized spacial score (nSPS) is 12.0. The molecule has 0 N–H and O–H groups in total. The summed E-state index contributed by atoms with van der Waals surface area (Å²) in [4.78, 5) is 36.4. The fourth-order valence-corrected chi connectivity index (χ4v) is 2.03. The van der Waals surface area contributed by atoms with Crippen molar-refractivity contribution in [3.8, 4) is 0 Å². The van der Waals surface area contributed by atoms with Gasteiger partial charge in [0.2, 0.25) is 0 Å². The van der Waals surface area contributed by atoms with Gasteiger partial charge >= 0.3 is 5.97 Å². The third-order valence-corrected chi connectivity index (χ3v) is 3.18. The summed E-state index contributed by atoms with van der Waals surface area (Å²) >= 11 is 0. The van der Waals surface area contributed by atoms with Crippen LogP contribution in [0.25, 0.3) is 0 Å². The minimum Gasteiger partial charge on any atom is -0.465 e. The molecule has 5 nitrogen and oxygen atoms in total. The average molecular weight is 305 g/mol. The van der Waals surface area contributed by atoms with E-state index in [1.54, 1.807) is 36.1 Å². The molecule has 1 unspecified atom stereocenters. The number of nitrogens with zero attached hydrogens (tertiary/aromatic N) is 1. The van der Waals surface area contributed by atoms with Crippen molar-refractivity contribution < 1.29 is 19.1 Å². The van der Waals surface area contributed by atoms with Crippen molar-refractivity contribution in [2.45, 2.75) is 20.3 Å². The molecular formula is C17H23NO4. The van der Waals surface area contributed by atoms with Crippen molar-refractivity contribution >= 4 is 18.0 Å². The molecule has 0 amide bonds. The summed E-state index contributed by atoms with van der Waals surface area (Å²) in [5, 5.41) is 0. The maximum atomic E-state index is 12.2. The van der Waals surface area contributed by atoms with Crippen LogP contribution < -0.4 is 0 Å². The van der Waals surface area contributed by atoms with Crippen LogP contribution in [0, 0.1) is 5.92 Å². The molecule has 0 radical (unpaired) electrons. The zero-order valence-corrected chi connectivity index (χ0v) is 13.2. The first-order valence-corrected chi connectivity index (χ1v) is 7.49. The Balaban J connectivity index is 2.59. The van der Waals surface area contributed by atoms with Crippen molar-refractivity contribution in [2.75, 3.05) is 26.2 Å². The first kappa shape index (κ1) is 18.0. The molecule has 0 fully saturated rings. The minimum atomic E-state index is -0.380. The smallest absolute Gasteiger partial charge is 0.309 e. The molecule has 1 atom stereocenters. The van der Waals surface area contributed by atoms with Crippen molar-refractivity contribution in [2.24, 2.45) is 5.92 Å². The summed E-state index contributed by atoms with van der Waals surface area (Å²) in [5.74, 6) is -0.753. The number of carbonyl (C=O) groups is 3. The van der Waals surface area contributed by atoms with Crippen LogP contribution in [-0.2, 0) is 14.3 Å². The number of benzene rings is 1. The van der Waals surface area contributed by atoms with Crippen LogP contribution in [-0.4, -0.2) is 49.2 Å². The maximum Gasteiger partial charge on any atom is 0.309 e. The molecule has 0 saturated heterocycles. The molecule has 1 rings (SSSR count). The first-order chi connectivity index (χ1) is 10.6. The third-order valence-electron chi connectivity index (χ3n) is 3.18. The molecule has 5 heteroatoms. The number of ketones is 1. The van der Waals surface area contributed by atoms with Gasteiger partial charge in [-0.2, -0.15) is 0 Å². The molecule has 0 aliphatic heterocycles. The summed E-state index contributed by atoms with van der Waals surface area (Å²) in [6.07, 6.45) is 1.51. The second kappa shape index (κ2) is 9.84. The van der Waals surface area contributed by atoms with Gasteiger partial charge in [0, 0.05) is 12.1 Å². The number of aldehydes is 1. The van der Waals surface area contributed by atoms with E-state index in [1.807, 2.05) is 13.0 Å². The van der Waals surface area contributed by atoms with Gasteiger partial charge < -0.3 is 9.53 Å². The van der Waals surface area contributed by atoms with Crippen LogP contribution in [0.5, 0.6) is 0 Å². The Morgan fingerprint density at radius 3 is 2.55 bits per heavy atom. The number of ether oxygens (including phenoxy) is 1. The third kappa shape index (κ3) is 6.18. The van der Waals surface area contributed by atoms with Gasteiger partial charge in [0.1, 0.15) is 6.29 Å². The summed E-state index contributed by atoms with van der Waals surface area (Å²) in [5.41, 5.74) is 0.597. The SMILES string of the molecule is CCCOC(=O)C(C)CN(CC=O)CC(=O)c1ccccc1. The molecule has 1 aromatic rings. The van der Waals surface area contributed by atoms with Gasteiger partial charge in [0.25, 0.3) is 0 Å². The number of hydrogen-bond acceptors (Lipinski definition) is 5. The van der Waals surface area contributed by atoms with Gasteiger partial charge in [-0.05, 0) is 6.42 Å². The summed E-state index contributed by atoms with van der Waals surface area (Å²) < 4.78 is 5.08. The highest BCUT2D eigenvalue weighted by molar-refractivity contribution is 5.97. The van der Waals surface area contributed by atoms with Gasteiger partial charge in [-0.25, -0.2) is 0 Å². The van der Waals surface area contributed by atoms with E-state index in [0.717, 1.165) is 12.7 Å². The van der Waals surface area contributed by atoms with E-state index >= 15 is 0 Å². The Morgan fingerprint density at radius 2 is 1.95 bits per heavy atom. The highest BCUT2D eigenvalue weighted by Gasteiger charge is 2.20. The van der Waals surface area contributed by atoms with Crippen LogP contribution in [0.15, 0.2) is 30.3 Å². The number of esters is 1. The molecule has 0 saturated carbocycles. The lowest BCUT2D eigenvalue weighted by Crippen LogP contribution is -2.37. The molecule has 0 aromatic heterocycles. The van der Waals surface area contributed by atoms with E-state index in [-0.39, 0.29) is 30.8 Å². The van der Waals surface area contributed by atoms with E-state index in [1.165, 1.54) is 0 Å². The Hall–Kier alpha value is -2.01. The Morgan fingerprint density at radius 1 is 1.27 bits per heavy atom. The van der Waals surface area contributed by atoms with E-state index < -0.39 is 0 Å². The first-order valence-electron chi connectivity index (χ1n) is 7.49. The molecule has 0 spiro atoms. The van der Waals surface area contributed by atoms with Crippen LogP contribution in [0.1, 0.15) is 30.6 Å². The lowest BCUT2D eigenvalue weighted by molar-refractivity contribution is -0.148. The zero-order valence-electron chi connectivity index (χ0n) is 13.2. The number of carbonyl (C=O) groups excluding carboxylic acids is 3. The second-order valence-electron chi connectivity index (χ2n) is 5.22. The Bertz CT molecular complexity index is 487. The summed E-state index contributed by atoms with van der Waals surface area (Å²) in [6.45, 7) is 4.59. The molecule has 22 heavy (non-hydrogen) atoms. The van der Waals surface area contributed by atoms with Gasteiger partial charge in [-0.15, -0.1) is 0 Å². The predicted molar refractivity (Wildman–Crippen MR) is 83.7 cm³/mol. The minimum absolute atomic E-state index is 0.0726. The van der Waals surface area contributed by atoms with Gasteiger partial charge in [0.05, 0.1) is 25.6 Å². The lowest BCUT2D eigenvalue weighted by Gasteiger charge is -2.22. The van der Waals surface area contributed by atoms with Crippen LogP contribution in [0.2, 0.25) is 0 Å². The topological polar surface area (TPSA) is 63.7 Å². The second-order valence-corrected chi connectivity index (χ2v) is 5.22. The van der Waals surface area contributed by atoms with E-state index in [2.05, 4.69) is 0 Å². The summed E-state index contributed by atoms with van der Waals surface area (Å²) in [6, 6.07) is 8.90. The van der Waals surface area contributed by atoms with Crippen LogP contribution in [0.4, 0.5) is 0 Å². The fourth-order valence-electron chi connectivity index (χ4n) is 2.03. The lowest BCUT2D eigenvalue weighted by atomic mass is 10.1. The van der Waals surface area contributed by atoms with Gasteiger partial charge in [-0.1, -0.05) is 44.2 Å². The maximum absolute atomic E-state index is 12.2. The molecule has 0 aliphatic rings. The predicted octanol–water partition coefficient (Wildman–Crippen LogP) is 1.96. The largest absolute Gasteiger partial charge is 0.465 e. The molecule has 1 aromatic carbocycles. The van der Waals surface area contributed by atoms with Crippen molar-refractivity contribution in [1.82, 2.24) is 4.90 Å². The highest BCUT2D eigenvalue weighted by atomic mass is 16.5. The van der Waals surface area contributed by atoms with Gasteiger partial charge in [-0.3, -0.25) is 14.5 Å². The quantitative estimate of drug-likeness (QED) is 0.376. The highest BCUT2D eigenvalue weighted by Crippen LogP contribution is 2.06. The average Bonchev–Trinajstić information content (AvgIpc) is 2.53. The molecule has 0 heterocycles. The molecular weight excluding hydrogens is 282 g/mol. The fraction of sp³-hybridized carbons (Fsp3) is 0.471. The van der Waals surface area contributed by atoms with E-state index in [0.29, 0.717) is 18.7 Å². The van der Waals surface area contributed by atoms with E-state index in [9.17, 15) is 14.4 Å². The van der Waals surface area contributed by atoms with Crippen molar-refractivity contribution in [1.29, 1.82) is 0 Å². The standard InChI is InChI=1S/C17H23NO4/c1-3-11-22-17(21)14(2)12-18(9-10-19)13-16(20)15-7-5-4-6-8-15/h4-8,10,14H,3,9,11-13H2,1-2H3. The number of rotatable bonds is 10. The van der Waals surface area contributed by atoms with Crippen LogP contribution in [0.3, 0.4) is 0 Å². The Kier molecular flexibility index (Phi) is 8.07. The zero-order chi connectivity index (χ0) is 16.4. The monoisotopic (exact) mass is 305 g/mol. The number of Topliss-reactive ketones (excluding diaryl/α,β-unsaturated/α-hetero) is 1. The summed E-state index contributed by atoms with van der Waals surface area (Å²) in [7, 11) is 0. The molecule has 0 bridgehead atoms. The molecule has 120 valence electrons. The van der Waals surface area contributed by atoms with Crippen LogP contribution >= 0.6 is 0 Å². The van der Waals surface area contributed by atoms with E-state index in [4.69, 9.17) is 4.74 Å². The number of hydrogen-bond donors (Lipinski definition) is 0.